The molecule has 0 radical (unpaired) electrons. The maximum Gasteiger partial charge on any atom is 0.123 e. The maximum absolute atomic E-state index is 5.58. The Labute approximate surface area is 111 Å². The third-order valence-electron chi connectivity index (χ3n) is 2.94. The molecule has 4 nitrogen and oxygen atoms in total. The van der Waals surface area contributed by atoms with Crippen LogP contribution in [-0.4, -0.2) is 14.8 Å². The Morgan fingerprint density at radius 2 is 1.79 bits per heavy atom. The lowest BCUT2D eigenvalue weighted by Crippen LogP contribution is -1.99. The van der Waals surface area contributed by atoms with Crippen molar-refractivity contribution in [1.82, 2.24) is 14.8 Å². The highest BCUT2D eigenvalue weighted by atomic mass is 15.3. The number of rotatable bonds is 3. The molecule has 0 bridgehead atoms. The Kier molecular flexibility index (Phi) is 2.98. The highest BCUT2D eigenvalue weighted by molar-refractivity contribution is 5.61. The van der Waals surface area contributed by atoms with Gasteiger partial charge in [-0.15, -0.1) is 0 Å². The van der Waals surface area contributed by atoms with E-state index in [4.69, 9.17) is 5.73 Å². The summed E-state index contributed by atoms with van der Waals surface area (Å²) in [5, 5.41) is 4.37. The van der Waals surface area contributed by atoms with Crippen LogP contribution in [0.25, 0.3) is 11.1 Å². The summed E-state index contributed by atoms with van der Waals surface area (Å²) in [6.45, 7) is 0.767. The van der Waals surface area contributed by atoms with E-state index in [2.05, 4.69) is 22.2 Å². The van der Waals surface area contributed by atoms with Gasteiger partial charge >= 0.3 is 0 Å². The van der Waals surface area contributed by atoms with E-state index in [-0.39, 0.29) is 0 Å². The predicted octanol–water partition coefficient (Wildman–Crippen LogP) is 2.58. The fraction of sp³-hybridized carbons (Fsp3) is 0.0667. The number of pyridine rings is 1. The number of aromatic nitrogens is 3. The molecular weight excluding hydrogens is 236 g/mol. The minimum absolute atomic E-state index is 0.528. The zero-order valence-corrected chi connectivity index (χ0v) is 10.4. The number of nitrogens with zero attached hydrogens (tertiary/aromatic N) is 3. The van der Waals surface area contributed by atoms with Gasteiger partial charge in [0.15, 0.2) is 0 Å². The van der Waals surface area contributed by atoms with Gasteiger partial charge in [0.25, 0.3) is 0 Å². The number of hydrogen-bond acceptors (Lipinski definition) is 3. The minimum Gasteiger partial charge on any atom is -0.384 e. The first-order chi connectivity index (χ1) is 9.31. The number of hydrogen-bond donors (Lipinski definition) is 1. The Morgan fingerprint density at radius 1 is 0.947 bits per heavy atom. The van der Waals surface area contributed by atoms with Gasteiger partial charge in [0.2, 0.25) is 0 Å². The smallest absolute Gasteiger partial charge is 0.123 e. The van der Waals surface area contributed by atoms with E-state index in [1.807, 2.05) is 41.3 Å². The first-order valence-corrected chi connectivity index (χ1v) is 6.09. The van der Waals surface area contributed by atoms with E-state index in [9.17, 15) is 0 Å². The highest BCUT2D eigenvalue weighted by Crippen LogP contribution is 2.18. The van der Waals surface area contributed by atoms with Crippen LogP contribution in [0.2, 0.25) is 0 Å². The van der Waals surface area contributed by atoms with Crippen LogP contribution in [-0.2, 0) is 6.54 Å². The summed E-state index contributed by atoms with van der Waals surface area (Å²) >= 11 is 0. The van der Waals surface area contributed by atoms with Crippen molar-refractivity contribution >= 4 is 5.82 Å². The molecule has 0 saturated heterocycles. The quantitative estimate of drug-likeness (QED) is 0.777. The van der Waals surface area contributed by atoms with E-state index in [1.54, 1.807) is 12.3 Å². The molecule has 0 amide bonds. The van der Waals surface area contributed by atoms with Crippen LogP contribution in [0.3, 0.4) is 0 Å². The average Bonchev–Trinajstić information content (AvgIpc) is 2.89. The largest absolute Gasteiger partial charge is 0.384 e. The van der Waals surface area contributed by atoms with Gasteiger partial charge in [-0.3, -0.25) is 4.68 Å². The van der Waals surface area contributed by atoms with Crippen molar-refractivity contribution < 1.29 is 0 Å². The molecule has 4 heteroatoms. The average molecular weight is 250 g/mol. The first kappa shape index (κ1) is 11.5. The summed E-state index contributed by atoms with van der Waals surface area (Å²) in [6.07, 6.45) is 5.62. The molecular formula is C15H14N4. The molecule has 3 rings (SSSR count). The third kappa shape index (κ3) is 2.63. The van der Waals surface area contributed by atoms with Crippen LogP contribution < -0.4 is 5.73 Å². The Balaban J connectivity index is 1.82. The van der Waals surface area contributed by atoms with Gasteiger partial charge in [-0.25, -0.2) is 4.98 Å². The highest BCUT2D eigenvalue weighted by Gasteiger charge is 2.02. The zero-order valence-electron chi connectivity index (χ0n) is 10.4. The SMILES string of the molecule is Nc1ccc(-c2cnn(Cc3ccccc3)c2)cn1. The number of nitrogens with two attached hydrogens (primary N) is 1. The van der Waals surface area contributed by atoms with Crippen LogP contribution >= 0.6 is 0 Å². The standard InChI is InChI=1S/C15H14N4/c16-15-7-6-13(8-17-15)14-9-18-19(11-14)10-12-4-2-1-3-5-12/h1-9,11H,10H2,(H2,16,17). The van der Waals surface area contributed by atoms with Crippen LogP contribution in [0, 0.1) is 0 Å². The summed E-state index contributed by atoms with van der Waals surface area (Å²) in [5.41, 5.74) is 8.88. The summed E-state index contributed by atoms with van der Waals surface area (Å²) < 4.78 is 1.92. The van der Waals surface area contributed by atoms with Crippen molar-refractivity contribution in [3.8, 4) is 11.1 Å². The van der Waals surface area contributed by atoms with Gasteiger partial charge in [-0.2, -0.15) is 5.10 Å². The zero-order chi connectivity index (χ0) is 13.1. The molecule has 0 aliphatic rings. The summed E-state index contributed by atoms with van der Waals surface area (Å²) in [5.74, 6) is 0.528. The molecule has 2 aromatic heterocycles. The van der Waals surface area contributed by atoms with E-state index in [0.717, 1.165) is 17.7 Å². The molecule has 0 fully saturated rings. The molecule has 0 spiro atoms. The van der Waals surface area contributed by atoms with Crippen LogP contribution in [0.1, 0.15) is 5.56 Å². The summed E-state index contributed by atoms with van der Waals surface area (Å²) in [7, 11) is 0. The van der Waals surface area contributed by atoms with E-state index < -0.39 is 0 Å². The van der Waals surface area contributed by atoms with Crippen LogP contribution in [0.15, 0.2) is 61.1 Å². The lowest BCUT2D eigenvalue weighted by Gasteiger charge is -2.01. The lowest BCUT2D eigenvalue weighted by molar-refractivity contribution is 0.687. The second kappa shape index (κ2) is 4.94. The molecule has 0 aliphatic heterocycles. The Morgan fingerprint density at radius 3 is 2.53 bits per heavy atom. The first-order valence-electron chi connectivity index (χ1n) is 6.09. The van der Waals surface area contributed by atoms with Gasteiger partial charge in [0, 0.05) is 23.5 Å². The van der Waals surface area contributed by atoms with Crippen LogP contribution in [0.4, 0.5) is 5.82 Å². The van der Waals surface area contributed by atoms with Crippen LogP contribution in [0.5, 0.6) is 0 Å². The van der Waals surface area contributed by atoms with Crippen molar-refractivity contribution in [3.05, 3.63) is 66.6 Å². The second-order valence-corrected chi connectivity index (χ2v) is 4.38. The van der Waals surface area contributed by atoms with E-state index in [1.165, 1.54) is 5.56 Å². The van der Waals surface area contributed by atoms with Crippen molar-refractivity contribution in [2.45, 2.75) is 6.54 Å². The molecule has 0 saturated carbocycles. The summed E-state index contributed by atoms with van der Waals surface area (Å²) in [6, 6.07) is 14.0. The molecule has 2 N–H and O–H groups in total. The predicted molar refractivity (Wildman–Crippen MR) is 75.4 cm³/mol. The number of nitrogen functional groups attached to an aromatic ring is 1. The van der Waals surface area contributed by atoms with E-state index >= 15 is 0 Å². The van der Waals surface area contributed by atoms with Gasteiger partial charge in [-0.1, -0.05) is 30.3 Å². The fourth-order valence-corrected chi connectivity index (χ4v) is 1.95. The maximum atomic E-state index is 5.58. The molecule has 1 aromatic carbocycles. The summed E-state index contributed by atoms with van der Waals surface area (Å²) in [4.78, 5) is 4.09. The molecule has 2 heterocycles. The molecule has 0 aliphatic carbocycles. The van der Waals surface area contributed by atoms with Crippen molar-refractivity contribution in [3.63, 3.8) is 0 Å². The molecule has 19 heavy (non-hydrogen) atoms. The normalized spacial score (nSPS) is 10.5. The van der Waals surface area contributed by atoms with E-state index in [0.29, 0.717) is 5.82 Å². The van der Waals surface area contributed by atoms with Gasteiger partial charge in [0.05, 0.1) is 12.7 Å². The molecule has 0 unspecified atom stereocenters. The van der Waals surface area contributed by atoms with Gasteiger partial charge in [-0.05, 0) is 17.7 Å². The molecule has 94 valence electrons. The molecule has 0 atom stereocenters. The minimum atomic E-state index is 0.528. The number of anilines is 1. The fourth-order valence-electron chi connectivity index (χ4n) is 1.95. The van der Waals surface area contributed by atoms with Crippen molar-refractivity contribution in [2.75, 3.05) is 5.73 Å². The third-order valence-corrected chi connectivity index (χ3v) is 2.94. The van der Waals surface area contributed by atoms with Gasteiger partial charge < -0.3 is 5.73 Å². The second-order valence-electron chi connectivity index (χ2n) is 4.38. The Bertz CT molecular complexity index is 656. The molecule has 3 aromatic rings. The van der Waals surface area contributed by atoms with Gasteiger partial charge in [0.1, 0.15) is 5.82 Å². The van der Waals surface area contributed by atoms with Crippen molar-refractivity contribution in [2.24, 2.45) is 0 Å². The number of benzene rings is 1. The topological polar surface area (TPSA) is 56.7 Å². The monoisotopic (exact) mass is 250 g/mol. The lowest BCUT2D eigenvalue weighted by atomic mass is 10.2. The Hall–Kier alpha value is -2.62. The van der Waals surface area contributed by atoms with Crippen molar-refractivity contribution in [1.29, 1.82) is 0 Å².